The third-order valence-electron chi connectivity index (χ3n) is 6.44. The Bertz CT molecular complexity index is 854. The van der Waals surface area contributed by atoms with Gasteiger partial charge in [-0.2, -0.15) is 0 Å². The fraction of sp³-hybridized carbons (Fsp3) is 0.600. The third kappa shape index (κ3) is 2.83. The predicted molar refractivity (Wildman–Crippen MR) is 103 cm³/mol. The number of benzene rings is 1. The van der Waals surface area contributed by atoms with E-state index in [-0.39, 0.29) is 0 Å². The van der Waals surface area contributed by atoms with Gasteiger partial charge in [-0.15, -0.1) is 10.2 Å². The summed E-state index contributed by atoms with van der Waals surface area (Å²) in [7, 11) is 1.46. The van der Waals surface area contributed by atoms with Gasteiger partial charge >= 0.3 is 7.12 Å². The molecule has 0 unspecified atom stereocenters. The van der Waals surface area contributed by atoms with Crippen LogP contribution in [0.15, 0.2) is 30.6 Å². The highest BCUT2D eigenvalue weighted by Crippen LogP contribution is 2.55. The van der Waals surface area contributed by atoms with Crippen LogP contribution < -0.4 is 5.46 Å². The number of aryl methyl sites for hydroxylation is 1. The summed E-state index contributed by atoms with van der Waals surface area (Å²) in [5.41, 5.74) is -0.506. The van der Waals surface area contributed by atoms with Crippen molar-refractivity contribution in [1.29, 1.82) is 0 Å². The molecule has 0 amide bonds. The van der Waals surface area contributed by atoms with Crippen LogP contribution in [0.1, 0.15) is 58.8 Å². The predicted octanol–water partition coefficient (Wildman–Crippen LogP) is 2.92. The molecule has 0 atom stereocenters. The van der Waals surface area contributed by atoms with Gasteiger partial charge in [-0.1, -0.05) is 24.3 Å². The first kappa shape index (κ1) is 18.6. The normalized spacial score (nSPS) is 31.7. The molecule has 7 heteroatoms. The topological polar surface area (TPSA) is 49.2 Å². The molecule has 0 spiro atoms. The van der Waals surface area contributed by atoms with E-state index in [9.17, 15) is 4.39 Å². The zero-order valence-corrected chi connectivity index (χ0v) is 16.9. The lowest BCUT2D eigenvalue weighted by Crippen LogP contribution is -2.52. The van der Waals surface area contributed by atoms with Gasteiger partial charge in [0.15, 0.2) is 0 Å². The maximum Gasteiger partial charge on any atom is 0.494 e. The number of rotatable bonds is 3. The van der Waals surface area contributed by atoms with Crippen LogP contribution in [0.5, 0.6) is 0 Å². The van der Waals surface area contributed by atoms with Crippen LogP contribution in [0.25, 0.3) is 0 Å². The molecule has 0 bridgehead atoms. The van der Waals surface area contributed by atoms with Crippen LogP contribution in [-0.2, 0) is 21.8 Å². The van der Waals surface area contributed by atoms with E-state index in [1.807, 2.05) is 57.5 Å². The van der Waals surface area contributed by atoms with Crippen molar-refractivity contribution in [3.8, 4) is 0 Å². The molecule has 1 aliphatic heterocycles. The zero-order chi connectivity index (χ0) is 19.7. The van der Waals surface area contributed by atoms with Gasteiger partial charge in [0.1, 0.15) is 17.8 Å². The van der Waals surface area contributed by atoms with Crippen LogP contribution in [-0.4, -0.2) is 38.8 Å². The summed E-state index contributed by atoms with van der Waals surface area (Å²) in [6, 6.07) is 8.11. The largest absolute Gasteiger partial charge is 0.494 e. The lowest BCUT2D eigenvalue weighted by atomic mass is 9.56. The Hall–Kier alpha value is -1.73. The van der Waals surface area contributed by atoms with E-state index in [1.165, 1.54) is 0 Å². The van der Waals surface area contributed by atoms with Crippen molar-refractivity contribution in [2.24, 2.45) is 7.05 Å². The third-order valence-corrected chi connectivity index (χ3v) is 6.44. The van der Waals surface area contributed by atoms with Crippen LogP contribution >= 0.6 is 0 Å². The summed E-state index contributed by atoms with van der Waals surface area (Å²) >= 11 is 0. The van der Waals surface area contributed by atoms with Gasteiger partial charge in [-0.05, 0) is 58.5 Å². The molecule has 27 heavy (non-hydrogen) atoms. The SMILES string of the molecule is Cn1cnnc1C1(c2cccc(B3OC(C)(C)C(C)(C)O3)c2)CC(C)(F)C1. The van der Waals surface area contributed by atoms with E-state index in [0.29, 0.717) is 12.8 Å². The van der Waals surface area contributed by atoms with Gasteiger partial charge in [0.25, 0.3) is 0 Å². The molecular weight excluding hydrogens is 344 g/mol. The van der Waals surface area contributed by atoms with Gasteiger partial charge in [-0.3, -0.25) is 0 Å². The van der Waals surface area contributed by atoms with Gasteiger partial charge in [0.2, 0.25) is 0 Å². The number of aromatic nitrogens is 3. The highest BCUT2D eigenvalue weighted by Gasteiger charge is 2.57. The van der Waals surface area contributed by atoms with Crippen LogP contribution in [0.2, 0.25) is 0 Å². The van der Waals surface area contributed by atoms with Gasteiger partial charge in [0, 0.05) is 7.05 Å². The smallest absolute Gasteiger partial charge is 0.399 e. The fourth-order valence-electron chi connectivity index (χ4n) is 4.38. The Kier molecular flexibility index (Phi) is 3.89. The minimum atomic E-state index is -1.20. The highest BCUT2D eigenvalue weighted by atomic mass is 19.1. The van der Waals surface area contributed by atoms with Crippen molar-refractivity contribution in [3.05, 3.63) is 42.0 Å². The minimum absolute atomic E-state index is 0.388. The lowest BCUT2D eigenvalue weighted by molar-refractivity contribution is 0.00578. The van der Waals surface area contributed by atoms with Crippen molar-refractivity contribution in [1.82, 2.24) is 14.8 Å². The number of alkyl halides is 1. The van der Waals surface area contributed by atoms with E-state index >= 15 is 0 Å². The second-order valence-corrected chi connectivity index (χ2v) is 9.33. The molecule has 2 heterocycles. The van der Waals surface area contributed by atoms with Crippen molar-refractivity contribution in [2.75, 3.05) is 0 Å². The van der Waals surface area contributed by atoms with Crippen LogP contribution in [0, 0.1) is 0 Å². The Labute approximate surface area is 160 Å². The van der Waals surface area contributed by atoms with Gasteiger partial charge < -0.3 is 13.9 Å². The quantitative estimate of drug-likeness (QED) is 0.779. The van der Waals surface area contributed by atoms with Gasteiger partial charge in [-0.25, -0.2) is 4.39 Å². The average molecular weight is 371 g/mol. The first-order chi connectivity index (χ1) is 12.5. The molecule has 1 saturated carbocycles. The second kappa shape index (κ2) is 5.64. The molecular formula is C20H27BFN3O2. The average Bonchev–Trinajstić information content (AvgIpc) is 3.06. The summed E-state index contributed by atoms with van der Waals surface area (Å²) in [5, 5.41) is 8.33. The Balaban J connectivity index is 1.73. The van der Waals surface area contributed by atoms with E-state index in [0.717, 1.165) is 16.9 Å². The molecule has 2 aromatic rings. The minimum Gasteiger partial charge on any atom is -0.399 e. The summed E-state index contributed by atoms with van der Waals surface area (Å²) in [6.45, 7) is 9.81. The summed E-state index contributed by atoms with van der Waals surface area (Å²) in [6.07, 6.45) is 2.45. The van der Waals surface area contributed by atoms with E-state index in [2.05, 4.69) is 16.3 Å². The second-order valence-electron chi connectivity index (χ2n) is 9.33. The zero-order valence-electron chi connectivity index (χ0n) is 16.9. The molecule has 1 aromatic heterocycles. The molecule has 5 nitrogen and oxygen atoms in total. The maximum absolute atomic E-state index is 14.6. The molecule has 1 saturated heterocycles. The van der Waals surface area contributed by atoms with Crippen LogP contribution in [0.3, 0.4) is 0 Å². The Morgan fingerprint density at radius 1 is 1.07 bits per heavy atom. The molecule has 2 aliphatic rings. The van der Waals surface area contributed by atoms with E-state index in [1.54, 1.807) is 13.3 Å². The van der Waals surface area contributed by atoms with Crippen molar-refractivity contribution in [2.45, 2.75) is 69.7 Å². The summed E-state index contributed by atoms with van der Waals surface area (Å²) in [5.74, 6) is 0.795. The Morgan fingerprint density at radius 3 is 2.22 bits per heavy atom. The number of nitrogens with zero attached hydrogens (tertiary/aromatic N) is 3. The highest BCUT2D eigenvalue weighted by molar-refractivity contribution is 6.62. The molecule has 1 aromatic carbocycles. The maximum atomic E-state index is 14.6. The van der Waals surface area contributed by atoms with Crippen molar-refractivity contribution < 1.29 is 13.7 Å². The number of hydrogen-bond acceptors (Lipinski definition) is 4. The molecule has 144 valence electrons. The number of hydrogen-bond donors (Lipinski definition) is 0. The van der Waals surface area contributed by atoms with E-state index < -0.39 is 29.4 Å². The summed E-state index contributed by atoms with van der Waals surface area (Å²) in [4.78, 5) is 0. The Morgan fingerprint density at radius 2 is 1.70 bits per heavy atom. The van der Waals surface area contributed by atoms with Crippen molar-refractivity contribution in [3.63, 3.8) is 0 Å². The molecule has 4 rings (SSSR count). The number of halogens is 1. The fourth-order valence-corrected chi connectivity index (χ4v) is 4.38. The van der Waals surface area contributed by atoms with E-state index in [4.69, 9.17) is 9.31 Å². The van der Waals surface area contributed by atoms with Gasteiger partial charge in [0.05, 0.1) is 16.6 Å². The summed E-state index contributed by atoms with van der Waals surface area (Å²) < 4.78 is 28.9. The molecule has 2 fully saturated rings. The molecule has 1 aliphatic carbocycles. The lowest BCUT2D eigenvalue weighted by Gasteiger charge is -2.49. The first-order valence-corrected chi connectivity index (χ1v) is 9.45. The first-order valence-electron chi connectivity index (χ1n) is 9.45. The molecule has 0 radical (unpaired) electrons. The van der Waals surface area contributed by atoms with Crippen LogP contribution in [0.4, 0.5) is 4.39 Å². The standard InChI is InChI=1S/C20H27BFN3O2/c1-17(2)18(3,4)27-21(26-17)15-9-7-8-14(10-15)20(11-19(5,22)12-20)16-24-23-13-25(16)6/h7-10,13H,11-12H2,1-6H3. The molecule has 0 N–H and O–H groups in total. The monoisotopic (exact) mass is 371 g/mol. The van der Waals surface area contributed by atoms with Crippen molar-refractivity contribution >= 4 is 12.6 Å².